The van der Waals surface area contributed by atoms with E-state index in [0.717, 1.165) is 18.5 Å². The van der Waals surface area contributed by atoms with Crippen LogP contribution in [0.15, 0.2) is 33.9 Å². The molecular formula is C18H23FN4O2S. The molecule has 1 aliphatic heterocycles. The van der Waals surface area contributed by atoms with Crippen molar-refractivity contribution in [2.75, 3.05) is 11.1 Å². The molecule has 0 bridgehead atoms. The highest BCUT2D eigenvalue weighted by atomic mass is 32.2. The van der Waals surface area contributed by atoms with Crippen LogP contribution in [-0.2, 0) is 11.3 Å². The molecule has 0 unspecified atom stereocenters. The molecule has 1 aromatic carbocycles. The van der Waals surface area contributed by atoms with Gasteiger partial charge in [0.05, 0.1) is 12.3 Å². The molecular weight excluding hydrogens is 355 g/mol. The van der Waals surface area contributed by atoms with E-state index < -0.39 is 0 Å². The summed E-state index contributed by atoms with van der Waals surface area (Å²) < 4.78 is 18.4. The van der Waals surface area contributed by atoms with Crippen molar-refractivity contribution in [3.05, 3.63) is 36.0 Å². The van der Waals surface area contributed by atoms with Crippen LogP contribution in [0.1, 0.15) is 39.0 Å². The number of carbonyl (C=O) groups is 1. The van der Waals surface area contributed by atoms with Gasteiger partial charge in [-0.2, -0.15) is 0 Å². The second-order valence-electron chi connectivity index (χ2n) is 6.54. The van der Waals surface area contributed by atoms with Crippen LogP contribution in [0.5, 0.6) is 0 Å². The maximum Gasteiger partial charge on any atom is 0.277 e. The van der Waals surface area contributed by atoms with Gasteiger partial charge in [0, 0.05) is 17.8 Å². The molecule has 0 spiro atoms. The molecule has 0 aliphatic carbocycles. The first-order valence-electron chi connectivity index (χ1n) is 8.78. The van der Waals surface area contributed by atoms with Gasteiger partial charge < -0.3 is 14.6 Å². The summed E-state index contributed by atoms with van der Waals surface area (Å²) in [5.41, 5.74) is 0.766. The van der Waals surface area contributed by atoms with Crippen LogP contribution in [0.3, 0.4) is 0 Å². The Morgan fingerprint density at radius 2 is 1.96 bits per heavy atom. The standard InChI is InChI=1S/C18H23FN4O2S/c1-12-4-3-5-13(2)23(12)17(24)11-26-18-22-21-16(25-18)10-20-15-8-6-14(19)7-9-15/h6-9,12-13,20H,3-5,10-11H2,1-2H3/t12-,13-/m0/s1. The Labute approximate surface area is 156 Å². The lowest BCUT2D eigenvalue weighted by Crippen LogP contribution is -2.48. The topological polar surface area (TPSA) is 71.3 Å². The van der Waals surface area contributed by atoms with E-state index in [1.54, 1.807) is 12.1 Å². The fourth-order valence-corrected chi connectivity index (χ4v) is 3.87. The predicted molar refractivity (Wildman–Crippen MR) is 98.4 cm³/mol. The molecule has 26 heavy (non-hydrogen) atoms. The Kier molecular flexibility index (Phi) is 6.13. The van der Waals surface area contributed by atoms with Crippen molar-refractivity contribution in [1.29, 1.82) is 0 Å². The Balaban J connectivity index is 1.48. The lowest BCUT2D eigenvalue weighted by atomic mass is 9.98. The number of hydrogen-bond donors (Lipinski definition) is 1. The number of carbonyl (C=O) groups excluding carboxylic acids is 1. The first kappa shape index (κ1) is 18.7. The van der Waals surface area contributed by atoms with Gasteiger partial charge in [-0.1, -0.05) is 11.8 Å². The van der Waals surface area contributed by atoms with Crippen molar-refractivity contribution < 1.29 is 13.6 Å². The van der Waals surface area contributed by atoms with Crippen molar-refractivity contribution in [1.82, 2.24) is 15.1 Å². The maximum atomic E-state index is 12.9. The number of nitrogens with one attached hydrogen (secondary N) is 1. The molecule has 1 aromatic heterocycles. The third-order valence-electron chi connectivity index (χ3n) is 4.54. The summed E-state index contributed by atoms with van der Waals surface area (Å²) >= 11 is 1.26. The fraction of sp³-hybridized carbons (Fsp3) is 0.500. The molecule has 1 N–H and O–H groups in total. The second kappa shape index (κ2) is 8.53. The second-order valence-corrected chi connectivity index (χ2v) is 7.47. The molecule has 140 valence electrons. The van der Waals surface area contributed by atoms with E-state index in [4.69, 9.17) is 4.42 Å². The zero-order valence-corrected chi connectivity index (χ0v) is 15.8. The number of nitrogens with zero attached hydrogens (tertiary/aromatic N) is 3. The Hall–Kier alpha value is -2.09. The highest BCUT2D eigenvalue weighted by molar-refractivity contribution is 7.99. The number of amides is 1. The van der Waals surface area contributed by atoms with Gasteiger partial charge in [0.25, 0.3) is 5.22 Å². The minimum atomic E-state index is -0.283. The molecule has 2 atom stereocenters. The van der Waals surface area contributed by atoms with Crippen LogP contribution in [0.25, 0.3) is 0 Å². The van der Waals surface area contributed by atoms with Gasteiger partial charge in [0.15, 0.2) is 0 Å². The Morgan fingerprint density at radius 3 is 2.65 bits per heavy atom. The number of piperidine rings is 1. The quantitative estimate of drug-likeness (QED) is 0.773. The number of aromatic nitrogens is 2. The Bertz CT molecular complexity index is 727. The van der Waals surface area contributed by atoms with Crippen LogP contribution in [-0.4, -0.2) is 38.8 Å². The molecule has 0 radical (unpaired) electrons. The molecule has 1 fully saturated rings. The van der Waals surface area contributed by atoms with E-state index in [9.17, 15) is 9.18 Å². The van der Waals surface area contributed by atoms with E-state index >= 15 is 0 Å². The number of likely N-dealkylation sites (tertiary alicyclic amines) is 1. The van der Waals surface area contributed by atoms with Crippen molar-refractivity contribution in [2.45, 2.75) is 57.0 Å². The average Bonchev–Trinajstić information content (AvgIpc) is 3.07. The summed E-state index contributed by atoms with van der Waals surface area (Å²) in [4.78, 5) is 14.5. The lowest BCUT2D eigenvalue weighted by molar-refractivity contribution is -0.134. The van der Waals surface area contributed by atoms with Gasteiger partial charge in [0.2, 0.25) is 11.8 Å². The summed E-state index contributed by atoms with van der Waals surface area (Å²) in [6, 6.07) is 6.61. The lowest BCUT2D eigenvalue weighted by Gasteiger charge is -2.39. The third kappa shape index (κ3) is 4.75. The maximum absolute atomic E-state index is 12.9. The molecule has 1 amide bonds. The first-order valence-corrected chi connectivity index (χ1v) is 9.77. The van der Waals surface area contributed by atoms with Crippen LogP contribution in [0.4, 0.5) is 10.1 Å². The number of hydrogen-bond acceptors (Lipinski definition) is 6. The molecule has 2 heterocycles. The van der Waals surface area contributed by atoms with E-state index in [1.807, 2.05) is 4.90 Å². The third-order valence-corrected chi connectivity index (χ3v) is 5.34. The molecule has 8 heteroatoms. The highest BCUT2D eigenvalue weighted by Gasteiger charge is 2.29. The summed E-state index contributed by atoms with van der Waals surface area (Å²) in [7, 11) is 0. The SMILES string of the molecule is C[C@H]1CCC[C@H](C)N1C(=O)CSc1nnc(CNc2ccc(F)cc2)o1. The molecule has 2 aromatic rings. The normalized spacial score (nSPS) is 20.2. The van der Waals surface area contributed by atoms with Crippen molar-refractivity contribution in [2.24, 2.45) is 0 Å². The summed E-state index contributed by atoms with van der Waals surface area (Å²) in [5.74, 6) is 0.540. The van der Waals surface area contributed by atoms with Gasteiger partial charge >= 0.3 is 0 Å². The molecule has 6 nitrogen and oxygen atoms in total. The number of benzene rings is 1. The smallest absolute Gasteiger partial charge is 0.277 e. The summed E-state index contributed by atoms with van der Waals surface area (Å²) in [6.07, 6.45) is 3.29. The number of halogens is 1. The van der Waals surface area contributed by atoms with Gasteiger partial charge in [-0.25, -0.2) is 4.39 Å². The van der Waals surface area contributed by atoms with Crippen molar-refractivity contribution >= 4 is 23.4 Å². The molecule has 1 saturated heterocycles. The first-order chi connectivity index (χ1) is 12.5. The van der Waals surface area contributed by atoms with Gasteiger partial charge in [-0.15, -0.1) is 10.2 Å². The highest BCUT2D eigenvalue weighted by Crippen LogP contribution is 2.25. The largest absolute Gasteiger partial charge is 0.414 e. The molecule has 3 rings (SSSR count). The number of rotatable bonds is 6. The van der Waals surface area contributed by atoms with Crippen LogP contribution in [0, 0.1) is 5.82 Å². The minimum absolute atomic E-state index is 0.110. The number of thioether (sulfide) groups is 1. The van der Waals surface area contributed by atoms with E-state index in [1.165, 1.54) is 30.3 Å². The van der Waals surface area contributed by atoms with Gasteiger partial charge in [-0.05, 0) is 57.4 Å². The van der Waals surface area contributed by atoms with E-state index in [0.29, 0.717) is 23.4 Å². The average molecular weight is 378 g/mol. The van der Waals surface area contributed by atoms with Gasteiger partial charge in [-0.3, -0.25) is 4.79 Å². The summed E-state index contributed by atoms with van der Waals surface area (Å²) in [6.45, 7) is 4.54. The van der Waals surface area contributed by atoms with Gasteiger partial charge in [0.1, 0.15) is 5.82 Å². The van der Waals surface area contributed by atoms with E-state index in [-0.39, 0.29) is 23.8 Å². The zero-order chi connectivity index (χ0) is 18.5. The van der Waals surface area contributed by atoms with Crippen LogP contribution in [0.2, 0.25) is 0 Å². The summed E-state index contributed by atoms with van der Waals surface area (Å²) in [5, 5.41) is 11.4. The zero-order valence-electron chi connectivity index (χ0n) is 14.9. The van der Waals surface area contributed by atoms with E-state index in [2.05, 4.69) is 29.4 Å². The number of anilines is 1. The monoisotopic (exact) mass is 378 g/mol. The van der Waals surface area contributed by atoms with Crippen LogP contribution < -0.4 is 5.32 Å². The molecule has 1 aliphatic rings. The van der Waals surface area contributed by atoms with Crippen molar-refractivity contribution in [3.8, 4) is 0 Å². The Morgan fingerprint density at radius 1 is 1.27 bits per heavy atom. The molecule has 0 saturated carbocycles. The minimum Gasteiger partial charge on any atom is -0.414 e. The van der Waals surface area contributed by atoms with Crippen molar-refractivity contribution in [3.63, 3.8) is 0 Å². The van der Waals surface area contributed by atoms with Crippen LogP contribution >= 0.6 is 11.8 Å². The predicted octanol–water partition coefficient (Wildman–Crippen LogP) is 3.70. The fourth-order valence-electron chi connectivity index (χ4n) is 3.22.